The summed E-state index contributed by atoms with van der Waals surface area (Å²) < 4.78 is 1.74. The minimum absolute atomic E-state index is 0.239. The number of rotatable bonds is 4. The summed E-state index contributed by atoms with van der Waals surface area (Å²) in [7, 11) is 1.82. The molecule has 9 nitrogen and oxygen atoms in total. The predicted molar refractivity (Wildman–Crippen MR) is 104 cm³/mol. The van der Waals surface area contributed by atoms with Gasteiger partial charge in [-0.3, -0.25) is 24.4 Å². The van der Waals surface area contributed by atoms with Crippen LogP contribution in [0.5, 0.6) is 0 Å². The number of hydrogen-bond donors (Lipinski definition) is 3. The van der Waals surface area contributed by atoms with Gasteiger partial charge in [0.25, 0.3) is 0 Å². The maximum absolute atomic E-state index is 12.3. The van der Waals surface area contributed by atoms with Gasteiger partial charge in [0.2, 0.25) is 11.8 Å². The summed E-state index contributed by atoms with van der Waals surface area (Å²) in [5.41, 5.74) is 1.37. The van der Waals surface area contributed by atoms with Crippen LogP contribution in [0.15, 0.2) is 18.2 Å². The van der Waals surface area contributed by atoms with Gasteiger partial charge in [-0.2, -0.15) is 5.10 Å². The Morgan fingerprint density at radius 1 is 1.31 bits per heavy atom. The van der Waals surface area contributed by atoms with Gasteiger partial charge >= 0.3 is 5.97 Å². The zero-order chi connectivity index (χ0) is 20.8. The van der Waals surface area contributed by atoms with Gasteiger partial charge in [-0.25, -0.2) is 0 Å². The second-order valence-electron chi connectivity index (χ2n) is 8.00. The second-order valence-corrected chi connectivity index (χ2v) is 8.00. The largest absolute Gasteiger partial charge is 0.481 e. The number of nitrogens with one attached hydrogen (secondary N) is 1. The highest BCUT2D eigenvalue weighted by Crippen LogP contribution is 2.34. The van der Waals surface area contributed by atoms with Crippen molar-refractivity contribution in [3.63, 3.8) is 0 Å². The van der Waals surface area contributed by atoms with Crippen molar-refractivity contribution in [1.29, 1.82) is 0 Å². The number of benzene rings is 1. The number of anilines is 1. The number of hydrogen-bond acceptors (Lipinski definition) is 6. The molecular formula is C20H24N4O5. The third kappa shape index (κ3) is 3.69. The standard InChI is InChI=1S/C20H24N4O5/c1-23-15-10-12(24-8-6-20(29,7-9-24)11-17(26)27)2-3-13(15)18(22-23)14-4-5-16(25)21-19(14)28/h2-3,10,14,29H,4-9,11H2,1H3,(H,26,27)(H,21,25,28). The van der Waals surface area contributed by atoms with E-state index in [1.807, 2.05) is 25.2 Å². The molecule has 0 saturated carbocycles. The van der Waals surface area contributed by atoms with E-state index in [0.29, 0.717) is 44.5 Å². The van der Waals surface area contributed by atoms with Crippen molar-refractivity contribution >= 4 is 34.4 Å². The van der Waals surface area contributed by atoms with Gasteiger partial charge in [0, 0.05) is 37.6 Å². The first-order valence-electron chi connectivity index (χ1n) is 9.75. The Hall–Kier alpha value is -2.94. The summed E-state index contributed by atoms with van der Waals surface area (Å²) in [5.74, 6) is -1.98. The average Bonchev–Trinajstić information content (AvgIpc) is 2.97. The van der Waals surface area contributed by atoms with E-state index in [2.05, 4.69) is 15.3 Å². The SMILES string of the molecule is Cn1nc(C2CCC(=O)NC2=O)c2ccc(N3CCC(O)(CC(=O)O)CC3)cc21. The summed E-state index contributed by atoms with van der Waals surface area (Å²) in [4.78, 5) is 36.8. The molecule has 1 aromatic carbocycles. The van der Waals surface area contributed by atoms with Gasteiger partial charge in [-0.1, -0.05) is 0 Å². The Morgan fingerprint density at radius 3 is 2.69 bits per heavy atom. The quantitative estimate of drug-likeness (QED) is 0.651. The molecule has 3 heterocycles. The lowest BCUT2D eigenvalue weighted by Crippen LogP contribution is -2.45. The minimum atomic E-state index is -1.15. The Bertz CT molecular complexity index is 990. The fraction of sp³-hybridized carbons (Fsp3) is 0.500. The van der Waals surface area contributed by atoms with Crippen molar-refractivity contribution in [3.05, 3.63) is 23.9 Å². The highest BCUT2D eigenvalue weighted by molar-refractivity contribution is 6.02. The molecule has 0 spiro atoms. The molecule has 9 heteroatoms. The predicted octanol–water partition coefficient (Wildman–Crippen LogP) is 0.899. The van der Waals surface area contributed by atoms with E-state index < -0.39 is 17.5 Å². The third-order valence-electron chi connectivity index (χ3n) is 5.97. The number of aryl methyl sites for hydroxylation is 1. The monoisotopic (exact) mass is 400 g/mol. The molecule has 0 bridgehead atoms. The molecule has 1 atom stereocenters. The molecule has 2 aliphatic heterocycles. The van der Waals surface area contributed by atoms with Crippen LogP contribution in [0.4, 0.5) is 5.69 Å². The summed E-state index contributed by atoms with van der Waals surface area (Å²) >= 11 is 0. The lowest BCUT2D eigenvalue weighted by molar-refractivity contribution is -0.143. The molecule has 0 radical (unpaired) electrons. The van der Waals surface area contributed by atoms with E-state index in [4.69, 9.17) is 5.11 Å². The molecule has 1 aromatic heterocycles. The van der Waals surface area contributed by atoms with Crippen molar-refractivity contribution in [3.8, 4) is 0 Å². The van der Waals surface area contributed by atoms with E-state index in [1.165, 1.54) is 0 Å². The van der Waals surface area contributed by atoms with Crippen LogP contribution in [-0.4, -0.2) is 56.5 Å². The van der Waals surface area contributed by atoms with Crippen LogP contribution in [0.1, 0.15) is 43.7 Å². The van der Waals surface area contributed by atoms with E-state index in [1.54, 1.807) is 4.68 Å². The number of carboxylic acids is 1. The Balaban J connectivity index is 1.57. The van der Waals surface area contributed by atoms with Crippen molar-refractivity contribution < 1.29 is 24.6 Å². The highest BCUT2D eigenvalue weighted by atomic mass is 16.4. The topological polar surface area (TPSA) is 125 Å². The average molecular weight is 400 g/mol. The van der Waals surface area contributed by atoms with E-state index in [-0.39, 0.29) is 18.2 Å². The molecule has 0 aliphatic carbocycles. The van der Waals surface area contributed by atoms with Gasteiger partial charge in [0.1, 0.15) is 0 Å². The van der Waals surface area contributed by atoms with Gasteiger partial charge in [-0.15, -0.1) is 0 Å². The number of aliphatic hydroxyl groups is 1. The molecule has 2 saturated heterocycles. The molecule has 29 heavy (non-hydrogen) atoms. The number of carboxylic acid groups (broad SMARTS) is 1. The molecular weight excluding hydrogens is 376 g/mol. The minimum Gasteiger partial charge on any atom is -0.481 e. The first-order valence-corrected chi connectivity index (χ1v) is 9.75. The molecule has 2 aromatic rings. The molecule has 154 valence electrons. The number of aromatic nitrogens is 2. The Kier molecular flexibility index (Phi) is 4.77. The van der Waals surface area contributed by atoms with Gasteiger partial charge < -0.3 is 15.1 Å². The van der Waals surface area contributed by atoms with Crippen LogP contribution in [0.25, 0.3) is 10.9 Å². The number of piperidine rings is 2. The highest BCUT2D eigenvalue weighted by Gasteiger charge is 2.35. The Labute approximate surface area is 167 Å². The van der Waals surface area contributed by atoms with Crippen LogP contribution in [0.3, 0.4) is 0 Å². The van der Waals surface area contributed by atoms with Crippen molar-refractivity contribution in [2.24, 2.45) is 7.05 Å². The van der Waals surface area contributed by atoms with E-state index >= 15 is 0 Å². The van der Waals surface area contributed by atoms with E-state index in [0.717, 1.165) is 16.6 Å². The fourth-order valence-electron chi connectivity index (χ4n) is 4.32. The van der Waals surface area contributed by atoms with Gasteiger partial charge in [0.15, 0.2) is 0 Å². The maximum atomic E-state index is 12.3. The summed E-state index contributed by atoms with van der Waals surface area (Å²) in [6.07, 6.45) is 1.30. The normalized spacial score (nSPS) is 22.0. The second kappa shape index (κ2) is 7.14. The number of nitrogens with zero attached hydrogens (tertiary/aromatic N) is 3. The van der Waals surface area contributed by atoms with Crippen LogP contribution < -0.4 is 10.2 Å². The number of imide groups is 1. The number of aliphatic carboxylic acids is 1. The zero-order valence-corrected chi connectivity index (χ0v) is 16.2. The van der Waals surface area contributed by atoms with Crippen molar-refractivity contribution in [1.82, 2.24) is 15.1 Å². The summed E-state index contributed by atoms with van der Waals surface area (Å²) in [6, 6.07) is 5.90. The maximum Gasteiger partial charge on any atom is 0.306 e. The van der Waals surface area contributed by atoms with Gasteiger partial charge in [-0.05, 0) is 37.5 Å². The molecule has 2 amide bonds. The fourth-order valence-corrected chi connectivity index (χ4v) is 4.32. The smallest absolute Gasteiger partial charge is 0.306 e. The molecule has 4 rings (SSSR count). The van der Waals surface area contributed by atoms with Crippen LogP contribution in [-0.2, 0) is 21.4 Å². The Morgan fingerprint density at radius 2 is 2.03 bits per heavy atom. The molecule has 2 aliphatic rings. The van der Waals surface area contributed by atoms with Crippen LogP contribution in [0, 0.1) is 0 Å². The summed E-state index contributed by atoms with van der Waals surface area (Å²) in [6.45, 7) is 1.13. The number of fused-ring (bicyclic) bond motifs is 1. The zero-order valence-electron chi connectivity index (χ0n) is 16.2. The van der Waals surface area contributed by atoms with Crippen molar-refractivity contribution in [2.75, 3.05) is 18.0 Å². The van der Waals surface area contributed by atoms with Crippen LogP contribution >= 0.6 is 0 Å². The lowest BCUT2D eigenvalue weighted by atomic mass is 9.88. The number of amides is 2. The van der Waals surface area contributed by atoms with Crippen LogP contribution in [0.2, 0.25) is 0 Å². The van der Waals surface area contributed by atoms with Gasteiger partial charge in [0.05, 0.1) is 29.2 Å². The van der Waals surface area contributed by atoms with E-state index in [9.17, 15) is 19.5 Å². The lowest BCUT2D eigenvalue weighted by Gasteiger charge is -2.38. The number of carbonyl (C=O) groups is 3. The molecule has 3 N–H and O–H groups in total. The number of carbonyl (C=O) groups excluding carboxylic acids is 2. The first kappa shape index (κ1) is 19.4. The molecule has 2 fully saturated rings. The summed E-state index contributed by atoms with van der Waals surface area (Å²) in [5, 5.41) is 27.2. The molecule has 1 unspecified atom stereocenters. The van der Waals surface area contributed by atoms with Crippen molar-refractivity contribution in [2.45, 2.75) is 43.6 Å². The third-order valence-corrected chi connectivity index (χ3v) is 5.97. The first-order chi connectivity index (χ1) is 13.8.